The van der Waals surface area contributed by atoms with Gasteiger partial charge >= 0.3 is 0 Å². The maximum atomic E-state index is 12.3. The van der Waals surface area contributed by atoms with E-state index in [4.69, 9.17) is 16.3 Å². The summed E-state index contributed by atoms with van der Waals surface area (Å²) < 4.78 is 5.44. The van der Waals surface area contributed by atoms with Crippen LogP contribution >= 0.6 is 11.6 Å². The van der Waals surface area contributed by atoms with Crippen LogP contribution in [0.2, 0.25) is 5.02 Å². The number of nitro benzene ring substituents is 1. The summed E-state index contributed by atoms with van der Waals surface area (Å²) in [6, 6.07) is 14.0. The van der Waals surface area contributed by atoms with Gasteiger partial charge in [-0.05, 0) is 18.2 Å². The number of amides is 1. The lowest BCUT2D eigenvalue weighted by Gasteiger charge is -2.36. The largest absolute Gasteiger partial charge is 0.482 e. The fourth-order valence-corrected chi connectivity index (χ4v) is 3.03. The Morgan fingerprint density at radius 3 is 2.42 bits per heavy atom. The van der Waals surface area contributed by atoms with E-state index in [-0.39, 0.29) is 29.0 Å². The van der Waals surface area contributed by atoms with Gasteiger partial charge in [-0.1, -0.05) is 29.8 Å². The van der Waals surface area contributed by atoms with Crippen LogP contribution in [-0.2, 0) is 4.79 Å². The van der Waals surface area contributed by atoms with E-state index in [1.54, 1.807) is 4.90 Å². The molecule has 0 atom stereocenters. The number of hydrogen-bond donors (Lipinski definition) is 0. The molecule has 136 valence electrons. The van der Waals surface area contributed by atoms with Crippen molar-refractivity contribution in [2.45, 2.75) is 0 Å². The van der Waals surface area contributed by atoms with E-state index in [0.717, 1.165) is 18.8 Å². The van der Waals surface area contributed by atoms with Crippen molar-refractivity contribution < 1.29 is 14.5 Å². The van der Waals surface area contributed by atoms with Crippen molar-refractivity contribution in [1.29, 1.82) is 0 Å². The Kier molecular flexibility index (Phi) is 5.58. The molecule has 0 unspecified atom stereocenters. The molecule has 26 heavy (non-hydrogen) atoms. The molecule has 0 spiro atoms. The first kappa shape index (κ1) is 18.0. The first-order chi connectivity index (χ1) is 12.5. The van der Waals surface area contributed by atoms with Gasteiger partial charge in [0.1, 0.15) is 5.75 Å². The third-order valence-corrected chi connectivity index (χ3v) is 4.53. The number of carbonyl (C=O) groups excluding carboxylic acids is 1. The van der Waals surface area contributed by atoms with Gasteiger partial charge < -0.3 is 14.5 Å². The smallest absolute Gasteiger partial charge is 0.271 e. The summed E-state index contributed by atoms with van der Waals surface area (Å²) in [6.07, 6.45) is 0. The minimum Gasteiger partial charge on any atom is -0.482 e. The minimum atomic E-state index is -0.535. The summed E-state index contributed by atoms with van der Waals surface area (Å²) in [4.78, 5) is 26.5. The Bertz CT molecular complexity index is 792. The van der Waals surface area contributed by atoms with Crippen molar-refractivity contribution in [1.82, 2.24) is 4.90 Å². The Balaban J connectivity index is 1.51. The van der Waals surface area contributed by atoms with Crippen LogP contribution < -0.4 is 9.64 Å². The van der Waals surface area contributed by atoms with Crippen LogP contribution in [0, 0.1) is 10.1 Å². The molecule has 2 aromatic carbocycles. The Labute approximate surface area is 155 Å². The molecule has 0 bridgehead atoms. The summed E-state index contributed by atoms with van der Waals surface area (Å²) in [5.74, 6) is 0.126. The Hall–Kier alpha value is -2.80. The quantitative estimate of drug-likeness (QED) is 0.593. The van der Waals surface area contributed by atoms with E-state index in [1.165, 1.54) is 18.2 Å². The molecule has 1 aliphatic heterocycles. The SMILES string of the molecule is O=C(COc1ccc([N+](=O)[O-])cc1Cl)N1CCN(c2ccccc2)CC1. The molecule has 0 radical (unpaired) electrons. The van der Waals surface area contributed by atoms with Crippen LogP contribution in [-0.4, -0.2) is 48.5 Å². The van der Waals surface area contributed by atoms with E-state index in [1.807, 2.05) is 18.2 Å². The van der Waals surface area contributed by atoms with Gasteiger partial charge in [0.15, 0.2) is 6.61 Å². The zero-order valence-electron chi connectivity index (χ0n) is 14.0. The molecule has 1 heterocycles. The third kappa shape index (κ3) is 4.23. The third-order valence-electron chi connectivity index (χ3n) is 4.23. The van der Waals surface area contributed by atoms with Crippen LogP contribution in [0.1, 0.15) is 0 Å². The fraction of sp³-hybridized carbons (Fsp3) is 0.278. The number of hydrogen-bond acceptors (Lipinski definition) is 5. The van der Waals surface area contributed by atoms with Gasteiger partial charge in [0.25, 0.3) is 11.6 Å². The van der Waals surface area contributed by atoms with Crippen LogP contribution in [0.25, 0.3) is 0 Å². The summed E-state index contributed by atoms with van der Waals surface area (Å²) in [5.41, 5.74) is 1.03. The maximum absolute atomic E-state index is 12.3. The van der Waals surface area contributed by atoms with Crippen molar-refractivity contribution in [3.05, 3.63) is 63.7 Å². The summed E-state index contributed by atoms with van der Waals surface area (Å²) in [6.45, 7) is 2.60. The van der Waals surface area contributed by atoms with Gasteiger partial charge in [0.05, 0.1) is 9.95 Å². The van der Waals surface area contributed by atoms with Gasteiger partial charge in [-0.15, -0.1) is 0 Å². The van der Waals surface area contributed by atoms with Gasteiger partial charge in [-0.3, -0.25) is 14.9 Å². The maximum Gasteiger partial charge on any atom is 0.271 e. The molecule has 1 fully saturated rings. The van der Waals surface area contributed by atoms with Gasteiger partial charge in [0.2, 0.25) is 0 Å². The second-order valence-electron chi connectivity index (χ2n) is 5.86. The highest BCUT2D eigenvalue weighted by Crippen LogP contribution is 2.28. The fourth-order valence-electron chi connectivity index (χ4n) is 2.80. The highest BCUT2D eigenvalue weighted by Gasteiger charge is 2.22. The van der Waals surface area contributed by atoms with E-state index < -0.39 is 4.92 Å². The lowest BCUT2D eigenvalue weighted by molar-refractivity contribution is -0.384. The zero-order chi connectivity index (χ0) is 18.5. The number of para-hydroxylation sites is 1. The standard InChI is InChI=1S/C18H18ClN3O4/c19-16-12-15(22(24)25)6-7-17(16)26-13-18(23)21-10-8-20(9-11-21)14-4-2-1-3-5-14/h1-7,12H,8-11,13H2. The van der Waals surface area contributed by atoms with Crippen LogP contribution in [0.3, 0.4) is 0 Å². The lowest BCUT2D eigenvalue weighted by atomic mass is 10.2. The number of benzene rings is 2. The van der Waals surface area contributed by atoms with Crippen molar-refractivity contribution in [2.24, 2.45) is 0 Å². The van der Waals surface area contributed by atoms with Crippen molar-refractivity contribution in [3.8, 4) is 5.75 Å². The molecule has 1 amide bonds. The van der Waals surface area contributed by atoms with E-state index >= 15 is 0 Å². The van der Waals surface area contributed by atoms with Crippen molar-refractivity contribution in [3.63, 3.8) is 0 Å². The molecule has 0 aliphatic carbocycles. The number of piperazine rings is 1. The number of rotatable bonds is 5. The number of carbonyl (C=O) groups is 1. The molecule has 0 saturated carbocycles. The van der Waals surface area contributed by atoms with E-state index in [0.29, 0.717) is 13.1 Å². The number of non-ortho nitro benzene ring substituents is 1. The first-order valence-electron chi connectivity index (χ1n) is 8.19. The second kappa shape index (κ2) is 8.05. The molecule has 3 rings (SSSR count). The number of nitrogens with zero attached hydrogens (tertiary/aromatic N) is 3. The predicted molar refractivity (Wildman–Crippen MR) is 98.8 cm³/mol. The van der Waals surface area contributed by atoms with Crippen molar-refractivity contribution >= 4 is 28.9 Å². The van der Waals surface area contributed by atoms with Gasteiger partial charge in [-0.25, -0.2) is 0 Å². The van der Waals surface area contributed by atoms with Crippen LogP contribution in [0.5, 0.6) is 5.75 Å². The molecule has 7 nitrogen and oxygen atoms in total. The normalized spacial score (nSPS) is 14.2. The first-order valence-corrected chi connectivity index (χ1v) is 8.57. The van der Waals surface area contributed by atoms with Crippen molar-refractivity contribution in [2.75, 3.05) is 37.7 Å². The van der Waals surface area contributed by atoms with Crippen LogP contribution in [0.15, 0.2) is 48.5 Å². The number of anilines is 1. The molecule has 1 saturated heterocycles. The summed E-state index contributed by atoms with van der Waals surface area (Å²) in [5, 5.41) is 10.8. The summed E-state index contributed by atoms with van der Waals surface area (Å²) in [7, 11) is 0. The highest BCUT2D eigenvalue weighted by atomic mass is 35.5. The Morgan fingerprint density at radius 2 is 1.81 bits per heavy atom. The molecule has 0 aromatic heterocycles. The molecule has 0 N–H and O–H groups in total. The average molecular weight is 376 g/mol. The lowest BCUT2D eigenvalue weighted by Crippen LogP contribution is -2.50. The predicted octanol–water partition coefficient (Wildman–Crippen LogP) is 2.98. The highest BCUT2D eigenvalue weighted by molar-refractivity contribution is 6.32. The van der Waals surface area contributed by atoms with Gasteiger partial charge in [-0.2, -0.15) is 0 Å². The number of ether oxygens (including phenoxy) is 1. The molecular weight excluding hydrogens is 358 g/mol. The number of halogens is 1. The van der Waals surface area contributed by atoms with E-state index in [2.05, 4.69) is 17.0 Å². The van der Waals surface area contributed by atoms with Gasteiger partial charge in [0, 0.05) is 44.0 Å². The minimum absolute atomic E-state index is 0.112. The molecule has 2 aromatic rings. The number of nitro groups is 1. The zero-order valence-corrected chi connectivity index (χ0v) is 14.8. The molecule has 8 heteroatoms. The Morgan fingerprint density at radius 1 is 1.12 bits per heavy atom. The average Bonchev–Trinajstić information content (AvgIpc) is 2.67. The topological polar surface area (TPSA) is 75.9 Å². The second-order valence-corrected chi connectivity index (χ2v) is 6.27. The summed E-state index contributed by atoms with van der Waals surface area (Å²) >= 11 is 5.97. The molecular formula is C18H18ClN3O4. The van der Waals surface area contributed by atoms with Crippen LogP contribution in [0.4, 0.5) is 11.4 Å². The van der Waals surface area contributed by atoms with E-state index in [9.17, 15) is 14.9 Å². The molecule has 1 aliphatic rings. The monoisotopic (exact) mass is 375 g/mol.